The zero-order chi connectivity index (χ0) is 47.5. The quantitative estimate of drug-likeness (QED) is 0.107. The Morgan fingerprint density at radius 3 is 0.507 bits per heavy atom. The van der Waals surface area contributed by atoms with Crippen molar-refractivity contribution in [2.45, 2.75) is 2.45 Å². The van der Waals surface area contributed by atoms with Crippen LogP contribution in [0.1, 0.15) is 44.5 Å². The van der Waals surface area contributed by atoms with E-state index >= 15 is 0 Å². The van der Waals surface area contributed by atoms with Crippen LogP contribution >= 0.6 is 0 Å². The Morgan fingerprint density at radius 2 is 0.324 bits per heavy atom. The molecule has 0 atom stereocenters. The van der Waals surface area contributed by atoms with E-state index in [2.05, 4.69) is 303 Å². The van der Waals surface area contributed by atoms with Crippen LogP contribution in [-0.4, -0.2) is 36.8 Å². The van der Waals surface area contributed by atoms with Crippen LogP contribution in [0.3, 0.4) is 0 Å². The number of benzene rings is 10. The first-order chi connectivity index (χ1) is 35.3. The van der Waals surface area contributed by atoms with E-state index in [1.807, 2.05) is 0 Å². The molecule has 0 nitrogen and oxygen atoms in total. The molecule has 0 aliphatic carbocycles. The van der Waals surface area contributed by atoms with Crippen LogP contribution in [0.4, 0.5) is 0 Å². The van der Waals surface area contributed by atoms with Gasteiger partial charge >= 0.3 is 431 Å². The van der Waals surface area contributed by atoms with Gasteiger partial charge in [0, 0.05) is 0 Å². The third-order valence-electron chi connectivity index (χ3n) is 14.8. The molecule has 336 valence electrons. The number of rotatable bonds is 12. The van der Waals surface area contributed by atoms with Gasteiger partial charge in [0.2, 0.25) is 0 Å². The van der Waals surface area contributed by atoms with Crippen LogP contribution in [-0.2, 0) is 0 Å². The van der Waals surface area contributed by atoms with Crippen molar-refractivity contribution in [3.8, 4) is 0 Å². The van der Waals surface area contributed by atoms with Gasteiger partial charge in [-0.2, -0.15) is 0 Å². The Bertz CT molecular complexity index is 3130. The minimum absolute atomic E-state index is 1.06. The summed E-state index contributed by atoms with van der Waals surface area (Å²) in [5.41, 5.74) is 15.8. The Morgan fingerprint density at radius 1 is 0.169 bits per heavy atom. The van der Waals surface area contributed by atoms with Gasteiger partial charge in [0.1, 0.15) is 0 Å². The molecule has 0 saturated heterocycles. The number of hydrogen-bond acceptors (Lipinski definition) is 0. The van der Waals surface area contributed by atoms with Crippen molar-refractivity contribution in [3.63, 3.8) is 0 Å². The van der Waals surface area contributed by atoms with Crippen molar-refractivity contribution in [1.29, 1.82) is 0 Å². The third-order valence-corrected chi connectivity index (χ3v) is 61.5. The third kappa shape index (κ3) is 7.95. The molecule has 0 fully saturated rings. The van der Waals surface area contributed by atoms with Gasteiger partial charge in [-0.3, -0.25) is 0 Å². The van der Waals surface area contributed by atoms with Crippen LogP contribution in [0.15, 0.2) is 303 Å². The maximum atomic E-state index is 2.53. The van der Waals surface area contributed by atoms with Crippen LogP contribution in [0.5, 0.6) is 0 Å². The van der Waals surface area contributed by atoms with E-state index in [1.54, 1.807) is 14.4 Å². The van der Waals surface area contributed by atoms with E-state index < -0.39 is 36.8 Å². The van der Waals surface area contributed by atoms with Gasteiger partial charge in [0.25, 0.3) is 0 Å². The zero-order valence-corrected chi connectivity index (χ0v) is 45.3. The SMILES string of the molecule is c1ccc(C2=[C](c3ccccc3)[Sn]([CH2][Sn]3([c]4ccccc4)[C](c4ccccc4)=C(c4ccccc4)C(c4ccccc4)=[C]3c3ccccc3)([c]3ccccc3)[C](c3ccccc3)=C2c2ccccc2)cc1. The van der Waals surface area contributed by atoms with Crippen molar-refractivity contribution in [3.05, 3.63) is 348 Å². The van der Waals surface area contributed by atoms with Gasteiger partial charge < -0.3 is 0 Å². The van der Waals surface area contributed by atoms with Gasteiger partial charge in [-0.15, -0.1) is 0 Å². The topological polar surface area (TPSA) is 0 Å². The molecular formula is C69H52Sn2. The molecule has 10 aromatic rings. The molecule has 0 unspecified atom stereocenters. The molecule has 0 bridgehead atoms. The number of allylic oxidation sites excluding steroid dienone is 4. The molecule has 2 aliphatic heterocycles. The first kappa shape index (κ1) is 44.9. The Labute approximate surface area is 427 Å². The average Bonchev–Trinajstić information content (AvgIpc) is 3.95. The molecular weight excluding hydrogens is 1070 g/mol. The van der Waals surface area contributed by atoms with Gasteiger partial charge in [-0.1, -0.05) is 0 Å². The van der Waals surface area contributed by atoms with Crippen molar-refractivity contribution < 1.29 is 0 Å². The van der Waals surface area contributed by atoms with Crippen molar-refractivity contribution in [1.82, 2.24) is 0 Å². The van der Waals surface area contributed by atoms with E-state index in [9.17, 15) is 0 Å². The van der Waals surface area contributed by atoms with Gasteiger partial charge in [0.15, 0.2) is 0 Å². The summed E-state index contributed by atoms with van der Waals surface area (Å²) in [6.45, 7) is 0. The molecule has 0 radical (unpaired) electrons. The Balaban J connectivity index is 1.37. The zero-order valence-electron chi connectivity index (χ0n) is 39.6. The van der Waals surface area contributed by atoms with Crippen LogP contribution in [0, 0.1) is 0 Å². The summed E-state index contributed by atoms with van der Waals surface area (Å²) in [4.78, 5) is 0. The predicted molar refractivity (Wildman–Crippen MR) is 307 cm³/mol. The van der Waals surface area contributed by atoms with Crippen LogP contribution < -0.4 is 7.16 Å². The summed E-state index contributed by atoms with van der Waals surface area (Å²) in [6, 6.07) is 116. The second-order valence-electron chi connectivity index (χ2n) is 18.6. The first-order valence-corrected chi connectivity index (χ1v) is 37.4. The monoisotopic (exact) mass is 1120 g/mol. The van der Waals surface area contributed by atoms with Crippen molar-refractivity contribution in [2.24, 2.45) is 0 Å². The van der Waals surface area contributed by atoms with E-state index in [0.717, 1.165) is 2.45 Å². The summed E-state index contributed by atoms with van der Waals surface area (Å²) < 4.78 is 10.3. The molecule has 71 heavy (non-hydrogen) atoms. The average molecular weight is 1120 g/mol. The predicted octanol–water partition coefficient (Wildman–Crippen LogP) is 15.9. The molecule has 10 aromatic carbocycles. The molecule has 2 heterocycles. The summed E-state index contributed by atoms with van der Waals surface area (Å²) in [7, 11) is 0. The fraction of sp³-hybridized carbons (Fsp3) is 0.0145. The second-order valence-corrected chi connectivity index (χ2v) is 45.8. The molecule has 0 N–H and O–H groups in total. The van der Waals surface area contributed by atoms with E-state index in [4.69, 9.17) is 0 Å². The molecule has 12 rings (SSSR count). The molecule has 2 heteroatoms. The maximum absolute atomic E-state index is 4.75. The van der Waals surface area contributed by atoms with Crippen molar-refractivity contribution in [2.75, 3.05) is 0 Å². The standard InChI is InChI=1S/2C28H20.2C6H5.CH2.2Sn/c2*1-5-13-23(14-6-1)21-27(25-17-9-3-10-18-25)28(26-19-11-4-12-20-26)22-24-15-7-2-8-16-24;2*1-2-4-6-5-3-1;;;/h2*1-20H;2*1-5H;1H2;;. The van der Waals surface area contributed by atoms with Crippen LogP contribution in [0.2, 0.25) is 2.45 Å². The molecule has 0 spiro atoms. The van der Waals surface area contributed by atoms with Crippen molar-refractivity contribution >= 4 is 80.6 Å². The number of hydrogen-bond donors (Lipinski definition) is 0. The van der Waals surface area contributed by atoms with E-state index in [0.29, 0.717) is 0 Å². The molecule has 0 saturated carbocycles. The Hall–Kier alpha value is -7.24. The van der Waals surface area contributed by atoms with E-state index in [-0.39, 0.29) is 0 Å². The van der Waals surface area contributed by atoms with Gasteiger partial charge in [-0.25, -0.2) is 0 Å². The second kappa shape index (κ2) is 19.9. The molecule has 0 aromatic heterocycles. The fourth-order valence-electron chi connectivity index (χ4n) is 12.1. The summed E-state index contributed by atoms with van der Waals surface area (Å²) in [6.07, 6.45) is 0. The fourth-order valence-corrected chi connectivity index (χ4v) is 78.7. The summed E-state index contributed by atoms with van der Waals surface area (Å²) in [5.74, 6) is 0. The Kier molecular flexibility index (Phi) is 12.6. The summed E-state index contributed by atoms with van der Waals surface area (Å²) in [5, 5.41) is 0. The normalized spacial score (nSPS) is 15.1. The van der Waals surface area contributed by atoms with Crippen LogP contribution in [0.25, 0.3) is 36.6 Å². The van der Waals surface area contributed by atoms with E-state index in [1.165, 1.54) is 74.0 Å². The molecule has 0 amide bonds. The van der Waals surface area contributed by atoms with Gasteiger partial charge in [0.05, 0.1) is 0 Å². The molecule has 2 aliphatic rings. The first-order valence-electron chi connectivity index (χ1n) is 24.8. The minimum atomic E-state index is -4.75. The van der Waals surface area contributed by atoms with Gasteiger partial charge in [-0.05, 0) is 0 Å². The summed E-state index contributed by atoms with van der Waals surface area (Å²) >= 11 is -9.50.